The summed E-state index contributed by atoms with van der Waals surface area (Å²) < 4.78 is 47.4. The van der Waals surface area contributed by atoms with Gasteiger partial charge in [-0.05, 0) is 41.0 Å². The number of methoxy groups -OCH3 is 3. The number of carboxylic acid groups (broad SMARTS) is 1. The van der Waals surface area contributed by atoms with Crippen LogP contribution in [-0.2, 0) is 33.8 Å². The first kappa shape index (κ1) is 34.9. The Morgan fingerprint density at radius 1 is 0.864 bits per heavy atom. The van der Waals surface area contributed by atoms with E-state index in [4.69, 9.17) is 29.8 Å². The van der Waals surface area contributed by atoms with Gasteiger partial charge in [-0.3, -0.25) is 14.9 Å². The zero-order valence-corrected chi connectivity index (χ0v) is 24.2. The van der Waals surface area contributed by atoms with Gasteiger partial charge in [-0.15, -0.1) is 0 Å². The normalized spacial score (nSPS) is 11.7. The largest absolute Gasteiger partial charge is 0.497 e. The Labute approximate surface area is 251 Å². The number of guanidine groups is 1. The molecule has 1 atom stereocenters. The molecule has 3 aromatic carbocycles. The van der Waals surface area contributed by atoms with E-state index >= 15 is 0 Å². The third-order valence-corrected chi connectivity index (χ3v) is 5.82. The lowest BCUT2D eigenvalue weighted by Crippen LogP contribution is -2.42. The van der Waals surface area contributed by atoms with Crippen LogP contribution >= 0.6 is 0 Å². The summed E-state index contributed by atoms with van der Waals surface area (Å²) in [5.74, 6) is -1.75. The standard InChI is InChI=1S/C28H32N4O5.C2HF3O2/c1-35-22-12-9-20(10-13-22)18-30-27(34)23(15-19-7-5-4-6-8-19)31-28(29)32-26(33)17-21-11-14-24(36-2)25(16-21)37-3;3-2(4,5)1(6)7/h4-14,16,23H,15,17-18H2,1-3H3,(H,30,34)(H3,29,31,32,33);(H,6,7)/t23-;/m1./s1. The number of nitrogens with zero attached hydrogens (tertiary/aromatic N) is 1. The molecule has 0 saturated heterocycles. The highest BCUT2D eigenvalue weighted by atomic mass is 19.4. The van der Waals surface area contributed by atoms with Gasteiger partial charge in [0.25, 0.3) is 0 Å². The van der Waals surface area contributed by atoms with Gasteiger partial charge in [-0.1, -0.05) is 48.5 Å². The number of nitrogens with two attached hydrogens (primary N) is 1. The second-order valence-corrected chi connectivity index (χ2v) is 9.00. The molecule has 0 saturated carbocycles. The van der Waals surface area contributed by atoms with Crippen LogP contribution in [0.5, 0.6) is 17.2 Å². The molecule has 0 aliphatic carbocycles. The van der Waals surface area contributed by atoms with Gasteiger partial charge in [-0.2, -0.15) is 13.2 Å². The Hall–Kier alpha value is -5.27. The third-order valence-electron chi connectivity index (χ3n) is 5.82. The van der Waals surface area contributed by atoms with Crippen molar-refractivity contribution < 1.29 is 46.9 Å². The number of carbonyl (C=O) groups excluding carboxylic acids is 2. The van der Waals surface area contributed by atoms with Crippen LogP contribution in [0.4, 0.5) is 13.2 Å². The molecule has 5 N–H and O–H groups in total. The van der Waals surface area contributed by atoms with Crippen molar-refractivity contribution in [2.45, 2.75) is 31.6 Å². The van der Waals surface area contributed by atoms with Gasteiger partial charge in [0.1, 0.15) is 11.8 Å². The lowest BCUT2D eigenvalue weighted by molar-refractivity contribution is -0.192. The summed E-state index contributed by atoms with van der Waals surface area (Å²) in [6.45, 7) is 0.315. The van der Waals surface area contributed by atoms with Crippen LogP contribution in [0, 0.1) is 0 Å². The maximum atomic E-state index is 13.1. The topological polar surface area (TPSA) is 162 Å². The Morgan fingerprint density at radius 2 is 1.45 bits per heavy atom. The zero-order chi connectivity index (χ0) is 32.7. The molecular formula is C30H33F3N4O7. The molecule has 0 unspecified atom stereocenters. The highest BCUT2D eigenvalue weighted by Gasteiger charge is 2.38. The zero-order valence-electron chi connectivity index (χ0n) is 24.2. The van der Waals surface area contributed by atoms with Crippen molar-refractivity contribution in [2.24, 2.45) is 10.7 Å². The number of benzene rings is 3. The molecule has 0 fully saturated rings. The van der Waals surface area contributed by atoms with Crippen molar-refractivity contribution in [1.82, 2.24) is 10.6 Å². The molecule has 0 aliphatic rings. The van der Waals surface area contributed by atoms with E-state index in [9.17, 15) is 22.8 Å². The second-order valence-electron chi connectivity index (χ2n) is 9.00. The highest BCUT2D eigenvalue weighted by Crippen LogP contribution is 2.27. The molecule has 0 bridgehead atoms. The van der Waals surface area contributed by atoms with E-state index in [1.165, 1.54) is 7.11 Å². The fourth-order valence-corrected chi connectivity index (χ4v) is 3.65. The highest BCUT2D eigenvalue weighted by molar-refractivity contribution is 5.98. The quantitative estimate of drug-likeness (QED) is 0.188. The van der Waals surface area contributed by atoms with Crippen LogP contribution in [-0.4, -0.2) is 62.4 Å². The van der Waals surface area contributed by atoms with Crippen LogP contribution in [0.3, 0.4) is 0 Å². The van der Waals surface area contributed by atoms with Gasteiger partial charge in [0.2, 0.25) is 11.8 Å². The maximum Gasteiger partial charge on any atom is 0.490 e. The number of nitrogens with one attached hydrogen (secondary N) is 2. The molecule has 0 heterocycles. The second kappa shape index (κ2) is 17.0. The number of ether oxygens (including phenoxy) is 3. The first-order valence-corrected chi connectivity index (χ1v) is 12.9. The first-order chi connectivity index (χ1) is 20.9. The van der Waals surface area contributed by atoms with E-state index in [2.05, 4.69) is 15.6 Å². The van der Waals surface area contributed by atoms with Gasteiger partial charge in [0, 0.05) is 13.0 Å². The molecular weight excluding hydrogens is 585 g/mol. The number of carboxylic acids is 1. The summed E-state index contributed by atoms with van der Waals surface area (Å²) >= 11 is 0. The molecule has 236 valence electrons. The first-order valence-electron chi connectivity index (χ1n) is 12.9. The van der Waals surface area contributed by atoms with Gasteiger partial charge < -0.3 is 30.4 Å². The molecule has 0 radical (unpaired) electrons. The average molecular weight is 619 g/mol. The van der Waals surface area contributed by atoms with Crippen molar-refractivity contribution in [2.75, 3.05) is 21.3 Å². The summed E-state index contributed by atoms with van der Waals surface area (Å²) in [6.07, 6.45) is -4.72. The number of aliphatic carboxylic acids is 1. The number of carbonyl (C=O) groups is 3. The lowest BCUT2D eigenvalue weighted by atomic mass is 10.1. The Kier molecular flexibility index (Phi) is 13.5. The van der Waals surface area contributed by atoms with E-state index in [0.29, 0.717) is 30.0 Å². The molecule has 3 aromatic rings. The van der Waals surface area contributed by atoms with Crippen LogP contribution in [0.25, 0.3) is 0 Å². The summed E-state index contributed by atoms with van der Waals surface area (Å²) in [5, 5.41) is 12.6. The molecule has 2 amide bonds. The van der Waals surface area contributed by atoms with Gasteiger partial charge in [-0.25, -0.2) is 9.79 Å². The van der Waals surface area contributed by atoms with Gasteiger partial charge in [0.05, 0.1) is 27.8 Å². The van der Waals surface area contributed by atoms with E-state index in [0.717, 1.165) is 16.9 Å². The van der Waals surface area contributed by atoms with E-state index < -0.39 is 18.2 Å². The molecule has 0 aliphatic heterocycles. The van der Waals surface area contributed by atoms with Gasteiger partial charge >= 0.3 is 12.1 Å². The summed E-state index contributed by atoms with van der Waals surface area (Å²) in [5.41, 5.74) is 8.58. The SMILES string of the molecule is COc1ccc(CNC(=O)[C@@H](Cc2ccccc2)N=C(N)NC(=O)Cc2ccc(OC)c(OC)c2)cc1.O=C(O)C(F)(F)F. The smallest absolute Gasteiger partial charge is 0.490 e. The maximum absolute atomic E-state index is 13.1. The summed E-state index contributed by atoms with van der Waals surface area (Å²) in [4.78, 5) is 38.9. The minimum absolute atomic E-state index is 0.0452. The molecule has 14 heteroatoms. The molecule has 11 nitrogen and oxygen atoms in total. The van der Waals surface area contributed by atoms with Crippen LogP contribution in [0.1, 0.15) is 16.7 Å². The number of rotatable bonds is 11. The van der Waals surface area contributed by atoms with E-state index in [-0.39, 0.29) is 24.2 Å². The van der Waals surface area contributed by atoms with Crippen molar-refractivity contribution in [3.63, 3.8) is 0 Å². The Morgan fingerprint density at radius 3 is 2.00 bits per heavy atom. The van der Waals surface area contributed by atoms with Crippen molar-refractivity contribution >= 4 is 23.7 Å². The fourth-order valence-electron chi connectivity index (χ4n) is 3.65. The molecule has 0 spiro atoms. The van der Waals surface area contributed by atoms with Crippen molar-refractivity contribution in [3.05, 3.63) is 89.5 Å². The molecule has 3 rings (SSSR count). The van der Waals surface area contributed by atoms with Crippen LogP contribution < -0.4 is 30.6 Å². The number of halogens is 3. The molecule has 0 aromatic heterocycles. The van der Waals surface area contributed by atoms with Crippen LogP contribution in [0.15, 0.2) is 77.8 Å². The monoisotopic (exact) mass is 618 g/mol. The van der Waals surface area contributed by atoms with Crippen molar-refractivity contribution in [1.29, 1.82) is 0 Å². The number of hydrogen-bond acceptors (Lipinski definition) is 7. The number of hydrogen-bond donors (Lipinski definition) is 4. The van der Waals surface area contributed by atoms with Crippen LogP contribution in [0.2, 0.25) is 0 Å². The predicted octanol–water partition coefficient (Wildman–Crippen LogP) is 3.25. The predicted molar refractivity (Wildman–Crippen MR) is 155 cm³/mol. The summed E-state index contributed by atoms with van der Waals surface area (Å²) in [7, 11) is 4.67. The van der Waals surface area contributed by atoms with E-state index in [1.54, 1.807) is 32.4 Å². The third kappa shape index (κ3) is 11.9. The average Bonchev–Trinajstić information content (AvgIpc) is 2.99. The number of amides is 2. The summed E-state index contributed by atoms with van der Waals surface area (Å²) in [6, 6.07) is 21.3. The number of alkyl halides is 3. The Bertz CT molecular complexity index is 1420. The van der Waals surface area contributed by atoms with E-state index in [1.807, 2.05) is 54.6 Å². The lowest BCUT2D eigenvalue weighted by Gasteiger charge is -2.15. The van der Waals surface area contributed by atoms with Gasteiger partial charge in [0.15, 0.2) is 17.5 Å². The molecule has 44 heavy (non-hydrogen) atoms. The fraction of sp³-hybridized carbons (Fsp3) is 0.267. The minimum atomic E-state index is -5.08. The minimum Gasteiger partial charge on any atom is -0.497 e. The Balaban J connectivity index is 0.000000860. The number of aliphatic imine (C=N–C) groups is 1. The van der Waals surface area contributed by atoms with Crippen molar-refractivity contribution in [3.8, 4) is 17.2 Å².